The first-order valence-corrected chi connectivity index (χ1v) is 12.9. The van der Waals surface area contributed by atoms with Gasteiger partial charge in [-0.05, 0) is 73.5 Å². The van der Waals surface area contributed by atoms with Crippen molar-refractivity contribution in [3.05, 3.63) is 86.6 Å². The molecule has 0 spiro atoms. The molecule has 2 aliphatic rings. The van der Waals surface area contributed by atoms with Gasteiger partial charge in [0, 0.05) is 28.0 Å². The molecule has 2 aromatic carbocycles. The number of benzene rings is 2. The van der Waals surface area contributed by atoms with E-state index in [0.29, 0.717) is 23.7 Å². The van der Waals surface area contributed by atoms with Crippen LogP contribution in [0.5, 0.6) is 5.75 Å². The molecular weight excluding hydrogens is 468 g/mol. The molecule has 0 saturated heterocycles. The molecule has 0 bridgehead atoms. The zero-order chi connectivity index (χ0) is 23.7. The summed E-state index contributed by atoms with van der Waals surface area (Å²) in [6.45, 7) is 3.11. The second kappa shape index (κ2) is 9.80. The molecule has 0 radical (unpaired) electrons. The fourth-order valence-corrected chi connectivity index (χ4v) is 5.58. The van der Waals surface area contributed by atoms with Crippen molar-refractivity contribution in [3.63, 3.8) is 0 Å². The lowest BCUT2D eigenvalue weighted by molar-refractivity contribution is -0.135. The maximum atomic E-state index is 13.6. The highest BCUT2D eigenvalue weighted by Crippen LogP contribution is 2.35. The number of carbonyl (C=O) groups is 2. The summed E-state index contributed by atoms with van der Waals surface area (Å²) in [6, 6.07) is 16.9. The molecule has 5 nitrogen and oxygen atoms in total. The number of rotatable bonds is 7. The van der Waals surface area contributed by atoms with Crippen molar-refractivity contribution in [2.75, 3.05) is 19.7 Å². The summed E-state index contributed by atoms with van der Waals surface area (Å²) < 4.78 is 6.12. The Bertz CT molecular complexity index is 1190. The number of nitrogens with zero attached hydrogens (tertiary/aromatic N) is 2. The van der Waals surface area contributed by atoms with E-state index < -0.39 is 0 Å². The summed E-state index contributed by atoms with van der Waals surface area (Å²) in [5.41, 5.74) is 2.84. The van der Waals surface area contributed by atoms with E-state index in [1.165, 1.54) is 10.4 Å². The maximum Gasteiger partial charge on any atom is 0.254 e. The predicted molar refractivity (Wildman–Crippen MR) is 135 cm³/mol. The number of ether oxygens (including phenoxy) is 1. The van der Waals surface area contributed by atoms with Gasteiger partial charge >= 0.3 is 0 Å². The first-order valence-electron chi connectivity index (χ1n) is 11.6. The second-order valence-electron chi connectivity index (χ2n) is 8.95. The van der Waals surface area contributed by atoms with Crippen LogP contribution in [-0.4, -0.2) is 47.4 Å². The predicted octanol–water partition coefficient (Wildman–Crippen LogP) is 5.52. The van der Waals surface area contributed by atoms with Crippen molar-refractivity contribution in [2.45, 2.75) is 38.3 Å². The third-order valence-electron chi connectivity index (χ3n) is 6.47. The molecule has 7 heteroatoms. The fraction of sp³-hybridized carbons (Fsp3) is 0.333. The summed E-state index contributed by atoms with van der Waals surface area (Å²) in [5, 5.41) is 2.60. The zero-order valence-corrected chi connectivity index (χ0v) is 20.6. The normalized spacial score (nSPS) is 17.2. The minimum absolute atomic E-state index is 0.0448. The Morgan fingerprint density at radius 2 is 1.94 bits per heavy atom. The van der Waals surface area contributed by atoms with Crippen molar-refractivity contribution in [3.8, 4) is 5.75 Å². The number of thiophene rings is 1. The average Bonchev–Trinajstić information content (AvgIpc) is 3.57. The van der Waals surface area contributed by atoms with E-state index in [9.17, 15) is 9.59 Å². The molecule has 1 atom stereocenters. The van der Waals surface area contributed by atoms with E-state index in [1.54, 1.807) is 40.5 Å². The highest BCUT2D eigenvalue weighted by atomic mass is 35.5. The van der Waals surface area contributed by atoms with Gasteiger partial charge < -0.3 is 14.5 Å². The first kappa shape index (κ1) is 22.9. The van der Waals surface area contributed by atoms with E-state index in [-0.39, 0.29) is 30.4 Å². The van der Waals surface area contributed by atoms with Crippen LogP contribution in [-0.2, 0) is 11.2 Å². The van der Waals surface area contributed by atoms with E-state index in [2.05, 4.69) is 11.4 Å². The van der Waals surface area contributed by atoms with Crippen molar-refractivity contribution in [2.24, 2.45) is 0 Å². The molecule has 1 fully saturated rings. The Labute approximate surface area is 208 Å². The Kier molecular flexibility index (Phi) is 6.61. The molecule has 5 rings (SSSR count). The van der Waals surface area contributed by atoms with Gasteiger partial charge in [0.25, 0.3) is 5.91 Å². The van der Waals surface area contributed by atoms with Gasteiger partial charge in [-0.15, -0.1) is 11.3 Å². The molecule has 2 heterocycles. The Hall–Kier alpha value is -2.83. The summed E-state index contributed by atoms with van der Waals surface area (Å²) in [7, 11) is 0. The van der Waals surface area contributed by atoms with Crippen LogP contribution >= 0.6 is 22.9 Å². The quantitative estimate of drug-likeness (QED) is 0.434. The highest BCUT2D eigenvalue weighted by molar-refractivity contribution is 7.10. The van der Waals surface area contributed by atoms with E-state index in [4.69, 9.17) is 16.3 Å². The number of aryl methyl sites for hydroxylation is 1. The van der Waals surface area contributed by atoms with Gasteiger partial charge in [0.05, 0.1) is 6.04 Å². The number of carbonyl (C=O) groups excluding carboxylic acids is 2. The first-order chi connectivity index (χ1) is 16.5. The highest BCUT2D eigenvalue weighted by Gasteiger charge is 2.38. The molecule has 1 saturated carbocycles. The SMILES string of the molecule is Cc1ccc(OC[C@@H]2c3ccsc3CCN2C(=O)CN(C(=O)c2cccc(Cl)c2)C2CC2)cc1. The minimum atomic E-state index is -0.175. The van der Waals surface area contributed by atoms with Crippen molar-refractivity contribution in [1.29, 1.82) is 0 Å². The van der Waals surface area contributed by atoms with E-state index >= 15 is 0 Å². The monoisotopic (exact) mass is 494 g/mol. The van der Waals surface area contributed by atoms with Gasteiger partial charge in [-0.2, -0.15) is 0 Å². The maximum absolute atomic E-state index is 13.6. The van der Waals surface area contributed by atoms with Crippen molar-refractivity contribution in [1.82, 2.24) is 9.80 Å². The molecule has 2 amide bonds. The van der Waals surface area contributed by atoms with Gasteiger partial charge in [-0.3, -0.25) is 9.59 Å². The lowest BCUT2D eigenvalue weighted by Crippen LogP contribution is -2.48. The number of hydrogen-bond donors (Lipinski definition) is 0. The summed E-state index contributed by atoms with van der Waals surface area (Å²) in [6.07, 6.45) is 2.67. The van der Waals surface area contributed by atoms with Gasteiger partial charge in [-0.25, -0.2) is 0 Å². The molecule has 0 N–H and O–H groups in total. The summed E-state index contributed by atoms with van der Waals surface area (Å²) in [4.78, 5) is 31.8. The average molecular weight is 495 g/mol. The molecule has 1 aliphatic carbocycles. The standard InChI is InChI=1S/C27H27ClN2O3S/c1-18-5-9-22(10-6-18)33-17-24-23-12-14-34-25(23)11-13-29(24)26(31)16-30(21-7-8-21)27(32)19-3-2-4-20(28)15-19/h2-6,9-10,12,14-15,21,24H,7-8,11,13,16-17H2,1H3/t24-/m1/s1. The van der Waals surface area contributed by atoms with E-state index in [0.717, 1.165) is 30.6 Å². The Balaban J connectivity index is 1.34. The number of halogens is 1. The molecule has 3 aromatic rings. The van der Waals surface area contributed by atoms with Crippen molar-refractivity contribution < 1.29 is 14.3 Å². The summed E-state index contributed by atoms with van der Waals surface area (Å²) >= 11 is 7.84. The topological polar surface area (TPSA) is 49.9 Å². The molecule has 1 aliphatic heterocycles. The molecule has 34 heavy (non-hydrogen) atoms. The number of hydrogen-bond acceptors (Lipinski definition) is 4. The second-order valence-corrected chi connectivity index (χ2v) is 10.4. The van der Waals surface area contributed by atoms with Crippen LogP contribution in [0.2, 0.25) is 5.02 Å². The van der Waals surface area contributed by atoms with Crippen LogP contribution in [0.25, 0.3) is 0 Å². The zero-order valence-electron chi connectivity index (χ0n) is 19.1. The third-order valence-corrected chi connectivity index (χ3v) is 7.70. The third kappa shape index (κ3) is 4.98. The molecule has 1 aromatic heterocycles. The van der Waals surface area contributed by atoms with Crippen LogP contribution in [0, 0.1) is 6.92 Å². The lowest BCUT2D eigenvalue weighted by atomic mass is 10.0. The Morgan fingerprint density at radius 1 is 1.15 bits per heavy atom. The molecule has 176 valence electrons. The molecular formula is C27H27ClN2O3S. The smallest absolute Gasteiger partial charge is 0.254 e. The minimum Gasteiger partial charge on any atom is -0.491 e. The van der Waals surface area contributed by atoms with Crippen LogP contribution < -0.4 is 4.74 Å². The number of fused-ring (bicyclic) bond motifs is 1. The van der Waals surface area contributed by atoms with Crippen LogP contribution in [0.15, 0.2) is 60.0 Å². The van der Waals surface area contributed by atoms with Gasteiger partial charge in [0.15, 0.2) is 0 Å². The number of amides is 2. The van der Waals surface area contributed by atoms with Crippen LogP contribution in [0.4, 0.5) is 0 Å². The van der Waals surface area contributed by atoms with Gasteiger partial charge in [0.2, 0.25) is 5.91 Å². The van der Waals surface area contributed by atoms with Gasteiger partial charge in [0.1, 0.15) is 18.9 Å². The van der Waals surface area contributed by atoms with Crippen LogP contribution in [0.1, 0.15) is 45.2 Å². The molecule has 0 unspecified atom stereocenters. The van der Waals surface area contributed by atoms with Crippen LogP contribution in [0.3, 0.4) is 0 Å². The van der Waals surface area contributed by atoms with Gasteiger partial charge in [-0.1, -0.05) is 35.4 Å². The summed E-state index contributed by atoms with van der Waals surface area (Å²) in [5.74, 6) is 0.603. The fourth-order valence-electron chi connectivity index (χ4n) is 4.46. The largest absolute Gasteiger partial charge is 0.491 e. The lowest BCUT2D eigenvalue weighted by Gasteiger charge is -2.37. The van der Waals surface area contributed by atoms with E-state index in [1.807, 2.05) is 36.1 Å². The Morgan fingerprint density at radius 3 is 2.68 bits per heavy atom. The van der Waals surface area contributed by atoms with Crippen molar-refractivity contribution >= 4 is 34.8 Å².